The summed E-state index contributed by atoms with van der Waals surface area (Å²) in [6, 6.07) is 0. The Bertz CT molecular complexity index is 214. The number of alkyl halides is 3. The molecule has 88 valence electrons. The standard InChI is InChI=1S/C8H12F3NO3/c9-8(10,11)5-14-7(13)12-15-6-3-1-2-4-6/h6H,1-5H2,(H,12,13). The van der Waals surface area contributed by atoms with Gasteiger partial charge in [-0.15, -0.1) is 0 Å². The van der Waals surface area contributed by atoms with Crippen molar-refractivity contribution in [1.82, 2.24) is 5.48 Å². The third kappa shape index (κ3) is 5.46. The number of rotatable bonds is 3. The highest BCUT2D eigenvalue weighted by Crippen LogP contribution is 2.20. The summed E-state index contributed by atoms with van der Waals surface area (Å²) < 4.78 is 38.7. The van der Waals surface area contributed by atoms with Crippen LogP contribution in [0.1, 0.15) is 25.7 Å². The summed E-state index contributed by atoms with van der Waals surface area (Å²) in [6.07, 6.45) is -2.21. The normalized spacial score (nSPS) is 17.8. The number of ether oxygens (including phenoxy) is 1. The Hall–Kier alpha value is -0.980. The van der Waals surface area contributed by atoms with E-state index in [0.717, 1.165) is 25.7 Å². The van der Waals surface area contributed by atoms with Crippen LogP contribution in [-0.2, 0) is 9.57 Å². The van der Waals surface area contributed by atoms with Crippen molar-refractivity contribution in [3.8, 4) is 0 Å². The van der Waals surface area contributed by atoms with Crippen LogP contribution in [0.4, 0.5) is 18.0 Å². The van der Waals surface area contributed by atoms with E-state index in [0.29, 0.717) is 0 Å². The van der Waals surface area contributed by atoms with Gasteiger partial charge in [0.15, 0.2) is 6.61 Å². The monoisotopic (exact) mass is 227 g/mol. The number of nitrogens with one attached hydrogen (secondary N) is 1. The Morgan fingerprint density at radius 3 is 2.47 bits per heavy atom. The second-order valence-electron chi connectivity index (χ2n) is 3.32. The summed E-state index contributed by atoms with van der Waals surface area (Å²) in [7, 11) is 0. The molecular weight excluding hydrogens is 215 g/mol. The van der Waals surface area contributed by atoms with Crippen LogP contribution in [0.25, 0.3) is 0 Å². The fourth-order valence-electron chi connectivity index (χ4n) is 1.31. The molecule has 0 spiro atoms. The van der Waals surface area contributed by atoms with Crippen LogP contribution in [-0.4, -0.2) is 25.0 Å². The molecule has 1 fully saturated rings. The average Bonchev–Trinajstić information content (AvgIpc) is 2.62. The summed E-state index contributed by atoms with van der Waals surface area (Å²) in [5.74, 6) is 0. The lowest BCUT2D eigenvalue weighted by atomic mass is 10.3. The van der Waals surface area contributed by atoms with E-state index in [1.54, 1.807) is 0 Å². The minimum Gasteiger partial charge on any atom is -0.438 e. The molecule has 7 heteroatoms. The molecule has 1 N–H and O–H groups in total. The van der Waals surface area contributed by atoms with Gasteiger partial charge in [-0.2, -0.15) is 18.7 Å². The first kappa shape index (κ1) is 12.1. The quantitative estimate of drug-likeness (QED) is 0.751. The predicted octanol–water partition coefficient (Wildman–Crippen LogP) is 2.15. The molecule has 0 heterocycles. The van der Waals surface area contributed by atoms with Crippen LogP contribution in [0, 0.1) is 0 Å². The summed E-state index contributed by atoms with van der Waals surface area (Å²) in [5.41, 5.74) is 1.84. The summed E-state index contributed by atoms with van der Waals surface area (Å²) in [6.45, 7) is -1.60. The Kier molecular flexibility index (Phi) is 4.19. The van der Waals surface area contributed by atoms with Crippen LogP contribution in [0.5, 0.6) is 0 Å². The Morgan fingerprint density at radius 2 is 1.93 bits per heavy atom. The zero-order valence-electron chi connectivity index (χ0n) is 7.97. The number of amides is 1. The van der Waals surface area contributed by atoms with E-state index < -0.39 is 18.9 Å². The lowest BCUT2D eigenvalue weighted by Crippen LogP contribution is -2.31. The molecule has 1 amide bonds. The van der Waals surface area contributed by atoms with Gasteiger partial charge >= 0.3 is 12.3 Å². The second-order valence-corrected chi connectivity index (χ2v) is 3.32. The van der Waals surface area contributed by atoms with Gasteiger partial charge in [-0.05, 0) is 12.8 Å². The molecule has 1 aliphatic rings. The SMILES string of the molecule is O=C(NOC1CCCC1)OCC(F)(F)F. The largest absolute Gasteiger partial charge is 0.438 e. The molecule has 1 rings (SSSR count). The van der Waals surface area contributed by atoms with Crippen molar-refractivity contribution >= 4 is 6.09 Å². The number of carbonyl (C=O) groups excluding carboxylic acids is 1. The highest BCUT2D eigenvalue weighted by molar-refractivity contribution is 5.65. The van der Waals surface area contributed by atoms with Gasteiger partial charge in [0.2, 0.25) is 0 Å². The van der Waals surface area contributed by atoms with Gasteiger partial charge in [-0.3, -0.25) is 4.84 Å². The third-order valence-electron chi connectivity index (χ3n) is 1.98. The van der Waals surface area contributed by atoms with Crippen LogP contribution >= 0.6 is 0 Å². The average molecular weight is 227 g/mol. The molecule has 0 aliphatic heterocycles. The first-order chi connectivity index (χ1) is 6.97. The van der Waals surface area contributed by atoms with Crippen molar-refractivity contribution in [3.05, 3.63) is 0 Å². The van der Waals surface area contributed by atoms with E-state index in [9.17, 15) is 18.0 Å². The van der Waals surface area contributed by atoms with Crippen molar-refractivity contribution in [2.75, 3.05) is 6.61 Å². The molecule has 1 aliphatic carbocycles. The molecule has 0 atom stereocenters. The molecule has 15 heavy (non-hydrogen) atoms. The van der Waals surface area contributed by atoms with E-state index in [2.05, 4.69) is 4.74 Å². The zero-order valence-corrected chi connectivity index (χ0v) is 7.97. The first-order valence-corrected chi connectivity index (χ1v) is 4.62. The van der Waals surface area contributed by atoms with E-state index in [-0.39, 0.29) is 6.10 Å². The maximum absolute atomic E-state index is 11.6. The lowest BCUT2D eigenvalue weighted by molar-refractivity contribution is -0.163. The van der Waals surface area contributed by atoms with Crippen molar-refractivity contribution in [1.29, 1.82) is 0 Å². The molecule has 0 radical (unpaired) electrons. The molecule has 0 unspecified atom stereocenters. The molecule has 0 aromatic heterocycles. The maximum Gasteiger partial charge on any atom is 0.431 e. The van der Waals surface area contributed by atoms with Crippen molar-refractivity contribution in [2.45, 2.75) is 38.0 Å². The van der Waals surface area contributed by atoms with Gasteiger partial charge in [-0.1, -0.05) is 12.8 Å². The maximum atomic E-state index is 11.6. The number of carbonyl (C=O) groups is 1. The number of halogens is 3. The topological polar surface area (TPSA) is 47.6 Å². The van der Waals surface area contributed by atoms with Crippen molar-refractivity contribution in [3.63, 3.8) is 0 Å². The molecule has 0 bridgehead atoms. The van der Waals surface area contributed by atoms with Crippen LogP contribution in [0.2, 0.25) is 0 Å². The smallest absolute Gasteiger partial charge is 0.431 e. The van der Waals surface area contributed by atoms with E-state index in [4.69, 9.17) is 4.84 Å². The minimum absolute atomic E-state index is 0.108. The molecule has 0 saturated heterocycles. The number of hydrogen-bond acceptors (Lipinski definition) is 3. The highest BCUT2D eigenvalue weighted by Gasteiger charge is 2.29. The minimum atomic E-state index is -4.51. The van der Waals surface area contributed by atoms with Gasteiger partial charge in [0.1, 0.15) is 0 Å². The van der Waals surface area contributed by atoms with E-state index in [1.807, 2.05) is 5.48 Å². The van der Waals surface area contributed by atoms with Crippen LogP contribution < -0.4 is 5.48 Å². The molecule has 0 aromatic carbocycles. The highest BCUT2D eigenvalue weighted by atomic mass is 19.4. The van der Waals surface area contributed by atoms with Crippen molar-refractivity contribution < 1.29 is 27.5 Å². The predicted molar refractivity (Wildman–Crippen MR) is 43.9 cm³/mol. The van der Waals surface area contributed by atoms with E-state index in [1.165, 1.54) is 0 Å². The molecule has 0 aromatic rings. The third-order valence-corrected chi connectivity index (χ3v) is 1.98. The summed E-state index contributed by atoms with van der Waals surface area (Å²) in [5, 5.41) is 0. The summed E-state index contributed by atoms with van der Waals surface area (Å²) >= 11 is 0. The second kappa shape index (κ2) is 5.20. The van der Waals surface area contributed by atoms with Crippen LogP contribution in [0.3, 0.4) is 0 Å². The van der Waals surface area contributed by atoms with Gasteiger partial charge < -0.3 is 4.74 Å². The lowest BCUT2D eigenvalue weighted by Gasteiger charge is -2.12. The van der Waals surface area contributed by atoms with Crippen LogP contribution in [0.15, 0.2) is 0 Å². The fraction of sp³-hybridized carbons (Fsp3) is 0.875. The zero-order chi connectivity index (χ0) is 11.3. The molecule has 1 saturated carbocycles. The van der Waals surface area contributed by atoms with E-state index >= 15 is 0 Å². The molecular formula is C8H12F3NO3. The van der Waals surface area contributed by atoms with Gasteiger partial charge in [0, 0.05) is 0 Å². The Balaban J connectivity index is 2.08. The van der Waals surface area contributed by atoms with Gasteiger partial charge in [0.05, 0.1) is 6.10 Å². The van der Waals surface area contributed by atoms with Gasteiger partial charge in [-0.25, -0.2) is 4.79 Å². The molecule has 4 nitrogen and oxygen atoms in total. The van der Waals surface area contributed by atoms with Gasteiger partial charge in [0.25, 0.3) is 0 Å². The number of hydroxylamine groups is 1. The number of hydrogen-bond donors (Lipinski definition) is 1. The Labute approximate surface area is 84.7 Å². The fourth-order valence-corrected chi connectivity index (χ4v) is 1.31. The first-order valence-electron chi connectivity index (χ1n) is 4.62. The summed E-state index contributed by atoms with van der Waals surface area (Å²) in [4.78, 5) is 15.5. The Morgan fingerprint density at radius 1 is 1.33 bits per heavy atom. The van der Waals surface area contributed by atoms with Crippen molar-refractivity contribution in [2.24, 2.45) is 0 Å².